The third-order valence-electron chi connectivity index (χ3n) is 3.83. The lowest BCUT2D eigenvalue weighted by Gasteiger charge is -2.24. The quantitative estimate of drug-likeness (QED) is 0.726. The number of carbonyl (C=O) groups excluding carboxylic acids is 1. The zero-order valence-corrected chi connectivity index (χ0v) is 14.3. The molecule has 24 heavy (non-hydrogen) atoms. The number of pyridine rings is 1. The van der Waals surface area contributed by atoms with Gasteiger partial charge in [0.2, 0.25) is 0 Å². The van der Waals surface area contributed by atoms with Gasteiger partial charge in [-0.3, -0.25) is 9.59 Å². The van der Waals surface area contributed by atoms with Crippen LogP contribution in [0.5, 0.6) is 0 Å². The topological polar surface area (TPSA) is 95.3 Å². The van der Waals surface area contributed by atoms with Gasteiger partial charge in [-0.1, -0.05) is 13.8 Å². The zero-order chi connectivity index (χ0) is 17.7. The van der Waals surface area contributed by atoms with Crippen LogP contribution in [0, 0.1) is 5.92 Å². The summed E-state index contributed by atoms with van der Waals surface area (Å²) in [5.74, 6) is 0.493. The summed E-state index contributed by atoms with van der Waals surface area (Å²) in [6, 6.07) is 6.51. The van der Waals surface area contributed by atoms with Crippen molar-refractivity contribution in [3.63, 3.8) is 0 Å². The van der Waals surface area contributed by atoms with Gasteiger partial charge in [-0.2, -0.15) is 0 Å². The fourth-order valence-corrected chi connectivity index (χ4v) is 2.28. The van der Waals surface area contributed by atoms with Crippen LogP contribution in [0.15, 0.2) is 39.7 Å². The molecular formula is C18H24N2O4. The minimum Gasteiger partial charge on any atom is -0.463 e. The van der Waals surface area contributed by atoms with Crippen LogP contribution in [-0.2, 0) is 0 Å². The Morgan fingerprint density at radius 3 is 2.71 bits per heavy atom. The molecule has 0 aromatic carbocycles. The van der Waals surface area contributed by atoms with Crippen LogP contribution in [0.25, 0.3) is 11.5 Å². The van der Waals surface area contributed by atoms with Crippen LogP contribution in [0.2, 0.25) is 0 Å². The van der Waals surface area contributed by atoms with Gasteiger partial charge in [0.25, 0.3) is 11.5 Å². The highest BCUT2D eigenvalue weighted by molar-refractivity contribution is 5.94. The molecule has 1 amide bonds. The summed E-state index contributed by atoms with van der Waals surface area (Å²) in [5, 5.41) is 12.9. The van der Waals surface area contributed by atoms with E-state index in [0.717, 1.165) is 6.42 Å². The average molecular weight is 332 g/mol. The molecule has 1 unspecified atom stereocenters. The molecule has 0 radical (unpaired) electrons. The van der Waals surface area contributed by atoms with Crippen LogP contribution in [0.4, 0.5) is 0 Å². The van der Waals surface area contributed by atoms with Gasteiger partial charge in [0.1, 0.15) is 11.3 Å². The summed E-state index contributed by atoms with van der Waals surface area (Å²) in [6.45, 7) is 5.93. The summed E-state index contributed by atoms with van der Waals surface area (Å²) in [7, 11) is 0. The van der Waals surface area contributed by atoms with Crippen molar-refractivity contribution in [1.82, 2.24) is 10.3 Å². The number of furan rings is 1. The number of aromatic nitrogens is 1. The number of carbonyl (C=O) groups is 1. The first-order chi connectivity index (χ1) is 11.3. The van der Waals surface area contributed by atoms with E-state index in [1.165, 1.54) is 12.3 Å². The predicted molar refractivity (Wildman–Crippen MR) is 91.8 cm³/mol. The van der Waals surface area contributed by atoms with E-state index in [9.17, 15) is 14.7 Å². The van der Waals surface area contributed by atoms with Crippen molar-refractivity contribution >= 4 is 5.91 Å². The first kappa shape index (κ1) is 18.0. The lowest BCUT2D eigenvalue weighted by atomic mass is 9.95. The monoisotopic (exact) mass is 332 g/mol. The molecule has 130 valence electrons. The Kier molecular flexibility index (Phi) is 5.62. The highest BCUT2D eigenvalue weighted by atomic mass is 16.3. The summed E-state index contributed by atoms with van der Waals surface area (Å²) in [6.07, 6.45) is 2.95. The molecule has 3 N–H and O–H groups in total. The van der Waals surface area contributed by atoms with Crippen LogP contribution in [0.3, 0.4) is 0 Å². The normalized spacial score (nSPS) is 13.7. The van der Waals surface area contributed by atoms with E-state index in [-0.39, 0.29) is 12.1 Å². The number of rotatable bonds is 7. The lowest BCUT2D eigenvalue weighted by Crippen LogP contribution is -2.42. The van der Waals surface area contributed by atoms with Crippen molar-refractivity contribution in [2.75, 3.05) is 6.54 Å². The molecule has 1 atom stereocenters. The summed E-state index contributed by atoms with van der Waals surface area (Å²) in [4.78, 5) is 26.9. The Balaban J connectivity index is 2.01. The summed E-state index contributed by atoms with van der Waals surface area (Å²) in [5.41, 5.74) is -0.987. The first-order valence-electron chi connectivity index (χ1n) is 8.06. The van der Waals surface area contributed by atoms with Gasteiger partial charge in [-0.25, -0.2) is 0 Å². The van der Waals surface area contributed by atoms with E-state index >= 15 is 0 Å². The minimum atomic E-state index is -0.999. The number of aliphatic hydroxyl groups is 1. The maximum Gasteiger partial charge on any atom is 0.261 e. The molecule has 0 saturated heterocycles. The molecule has 0 aliphatic rings. The smallest absolute Gasteiger partial charge is 0.261 e. The van der Waals surface area contributed by atoms with Gasteiger partial charge >= 0.3 is 0 Å². The Morgan fingerprint density at radius 1 is 1.38 bits per heavy atom. The van der Waals surface area contributed by atoms with Crippen molar-refractivity contribution in [1.29, 1.82) is 0 Å². The van der Waals surface area contributed by atoms with Crippen LogP contribution >= 0.6 is 0 Å². The third-order valence-corrected chi connectivity index (χ3v) is 3.83. The largest absolute Gasteiger partial charge is 0.463 e. The van der Waals surface area contributed by atoms with Gasteiger partial charge in [0, 0.05) is 6.54 Å². The van der Waals surface area contributed by atoms with Crippen LogP contribution in [0.1, 0.15) is 44.0 Å². The number of nitrogens with one attached hydrogen (secondary N) is 2. The maximum atomic E-state index is 12.2. The third kappa shape index (κ3) is 4.83. The molecule has 2 aromatic heterocycles. The Morgan fingerprint density at radius 2 is 2.12 bits per heavy atom. The molecule has 2 rings (SSSR count). The van der Waals surface area contributed by atoms with Gasteiger partial charge < -0.3 is 19.8 Å². The highest BCUT2D eigenvalue weighted by Gasteiger charge is 2.22. The van der Waals surface area contributed by atoms with E-state index < -0.39 is 17.1 Å². The first-order valence-corrected chi connectivity index (χ1v) is 8.06. The van der Waals surface area contributed by atoms with Crippen molar-refractivity contribution in [2.24, 2.45) is 5.92 Å². The van der Waals surface area contributed by atoms with Crippen molar-refractivity contribution in [2.45, 2.75) is 39.2 Å². The molecule has 0 fully saturated rings. The molecule has 6 nitrogen and oxygen atoms in total. The second kappa shape index (κ2) is 7.49. The molecule has 0 bridgehead atoms. The van der Waals surface area contributed by atoms with Crippen molar-refractivity contribution in [3.8, 4) is 11.5 Å². The number of hydrogen-bond donors (Lipinski definition) is 3. The van der Waals surface area contributed by atoms with Crippen LogP contribution in [-0.4, -0.2) is 28.1 Å². The number of aromatic amines is 1. The second-order valence-electron chi connectivity index (χ2n) is 6.70. The van der Waals surface area contributed by atoms with Crippen molar-refractivity contribution in [3.05, 3.63) is 46.4 Å². The summed E-state index contributed by atoms with van der Waals surface area (Å²) >= 11 is 0. The van der Waals surface area contributed by atoms with E-state index in [0.29, 0.717) is 23.8 Å². The molecular weight excluding hydrogens is 308 g/mol. The second-order valence-corrected chi connectivity index (χ2v) is 6.70. The molecule has 2 aromatic rings. The number of amides is 1. The Bertz CT molecular complexity index is 730. The molecule has 0 saturated carbocycles. The SMILES string of the molecule is CC(C)CCC(C)(O)CNC(=O)c1ccc(-c2ccco2)[nH]c1=O. The fraction of sp³-hybridized carbons (Fsp3) is 0.444. The van der Waals surface area contributed by atoms with E-state index in [1.807, 2.05) is 0 Å². The molecule has 6 heteroatoms. The Labute approximate surface area is 140 Å². The number of hydrogen-bond acceptors (Lipinski definition) is 4. The van der Waals surface area contributed by atoms with Crippen molar-refractivity contribution < 1.29 is 14.3 Å². The van der Waals surface area contributed by atoms with E-state index in [2.05, 4.69) is 24.1 Å². The van der Waals surface area contributed by atoms with Crippen LogP contribution < -0.4 is 10.9 Å². The summed E-state index contributed by atoms with van der Waals surface area (Å²) < 4.78 is 5.21. The van der Waals surface area contributed by atoms with Gasteiger partial charge in [0.15, 0.2) is 0 Å². The standard InChI is InChI=1S/C18H24N2O4/c1-12(2)8-9-18(3,23)11-19-16(21)13-6-7-14(20-17(13)22)15-5-4-10-24-15/h4-7,10,12,23H,8-9,11H2,1-3H3,(H,19,21)(H,20,22). The molecule has 0 aliphatic carbocycles. The minimum absolute atomic E-state index is 0.00460. The molecule has 2 heterocycles. The Hall–Kier alpha value is -2.34. The predicted octanol–water partition coefficient (Wildman–Crippen LogP) is 2.55. The maximum absolute atomic E-state index is 12.2. The van der Waals surface area contributed by atoms with E-state index in [4.69, 9.17) is 4.42 Å². The average Bonchev–Trinajstić information content (AvgIpc) is 3.05. The van der Waals surface area contributed by atoms with Gasteiger partial charge in [-0.05, 0) is 49.9 Å². The lowest BCUT2D eigenvalue weighted by molar-refractivity contribution is 0.0429. The molecule has 0 aliphatic heterocycles. The number of H-pyrrole nitrogens is 1. The fourth-order valence-electron chi connectivity index (χ4n) is 2.28. The van der Waals surface area contributed by atoms with Gasteiger partial charge in [0.05, 0.1) is 17.6 Å². The van der Waals surface area contributed by atoms with Gasteiger partial charge in [-0.15, -0.1) is 0 Å². The van der Waals surface area contributed by atoms with E-state index in [1.54, 1.807) is 25.1 Å². The highest BCUT2D eigenvalue weighted by Crippen LogP contribution is 2.17. The molecule has 0 spiro atoms. The zero-order valence-electron chi connectivity index (χ0n) is 14.3.